The van der Waals surface area contributed by atoms with Crippen molar-refractivity contribution in [1.29, 1.82) is 0 Å². The zero-order valence-corrected chi connectivity index (χ0v) is 9.64. The minimum atomic E-state index is -0.453. The number of aryl methyl sites for hydroxylation is 1. The first-order valence-corrected chi connectivity index (χ1v) is 5.36. The van der Waals surface area contributed by atoms with Crippen molar-refractivity contribution in [3.8, 4) is 0 Å². The number of hydrogen-bond acceptors (Lipinski definition) is 5. The van der Waals surface area contributed by atoms with Crippen molar-refractivity contribution in [1.82, 2.24) is 15.0 Å². The third-order valence-electron chi connectivity index (χ3n) is 2.33. The molecule has 0 aliphatic rings. The number of rotatable bonds is 6. The Bertz CT molecular complexity index is 349. The predicted molar refractivity (Wildman–Crippen MR) is 57.1 cm³/mol. The summed E-state index contributed by atoms with van der Waals surface area (Å²) in [5, 5.41) is 16.4. The molecule has 1 rings (SSSR count). The standard InChI is InChI=1S/C10H17N3O3/c1-3-8-9(10(15)16-2)11-12-13(8)6-4-5-7-14/h14H,3-7H2,1-2H3. The minimum Gasteiger partial charge on any atom is -0.464 e. The summed E-state index contributed by atoms with van der Waals surface area (Å²) in [4.78, 5) is 11.4. The highest BCUT2D eigenvalue weighted by Crippen LogP contribution is 2.09. The van der Waals surface area contributed by atoms with E-state index in [1.54, 1.807) is 4.68 Å². The van der Waals surface area contributed by atoms with Gasteiger partial charge in [0.2, 0.25) is 0 Å². The van der Waals surface area contributed by atoms with Gasteiger partial charge < -0.3 is 9.84 Å². The first-order chi connectivity index (χ1) is 7.74. The molecule has 1 aromatic rings. The van der Waals surface area contributed by atoms with Crippen LogP contribution < -0.4 is 0 Å². The van der Waals surface area contributed by atoms with Crippen molar-refractivity contribution in [2.24, 2.45) is 0 Å². The molecule has 0 aromatic carbocycles. The highest BCUT2D eigenvalue weighted by atomic mass is 16.5. The van der Waals surface area contributed by atoms with Gasteiger partial charge >= 0.3 is 5.97 Å². The zero-order valence-electron chi connectivity index (χ0n) is 9.64. The molecule has 16 heavy (non-hydrogen) atoms. The van der Waals surface area contributed by atoms with Gasteiger partial charge in [-0.1, -0.05) is 12.1 Å². The second kappa shape index (κ2) is 6.22. The Kier molecular flexibility index (Phi) is 4.91. The molecule has 6 nitrogen and oxygen atoms in total. The lowest BCUT2D eigenvalue weighted by Gasteiger charge is -2.04. The van der Waals surface area contributed by atoms with Crippen LogP contribution in [0.5, 0.6) is 0 Å². The van der Waals surface area contributed by atoms with Crippen LogP contribution >= 0.6 is 0 Å². The summed E-state index contributed by atoms with van der Waals surface area (Å²) in [6.45, 7) is 2.77. The monoisotopic (exact) mass is 227 g/mol. The van der Waals surface area contributed by atoms with Crippen LogP contribution in [0.2, 0.25) is 0 Å². The molecule has 0 aliphatic heterocycles. The van der Waals surface area contributed by atoms with Gasteiger partial charge in [-0.2, -0.15) is 0 Å². The number of carbonyl (C=O) groups excluding carboxylic acids is 1. The minimum absolute atomic E-state index is 0.167. The van der Waals surface area contributed by atoms with Crippen molar-refractivity contribution in [2.45, 2.75) is 32.7 Å². The number of aromatic nitrogens is 3. The number of aliphatic hydroxyl groups is 1. The molecule has 1 N–H and O–H groups in total. The normalized spacial score (nSPS) is 10.4. The van der Waals surface area contributed by atoms with E-state index >= 15 is 0 Å². The molecule has 0 radical (unpaired) electrons. The Morgan fingerprint density at radius 2 is 2.25 bits per heavy atom. The predicted octanol–water partition coefficient (Wildman–Crippen LogP) is 0.400. The van der Waals surface area contributed by atoms with Crippen LogP contribution in [-0.4, -0.2) is 39.8 Å². The van der Waals surface area contributed by atoms with E-state index in [-0.39, 0.29) is 12.3 Å². The van der Waals surface area contributed by atoms with E-state index in [9.17, 15) is 4.79 Å². The van der Waals surface area contributed by atoms with Crippen molar-refractivity contribution in [2.75, 3.05) is 13.7 Å². The van der Waals surface area contributed by atoms with Gasteiger partial charge in [-0.25, -0.2) is 9.48 Å². The highest BCUT2D eigenvalue weighted by molar-refractivity contribution is 5.88. The maximum atomic E-state index is 11.4. The molecule has 0 bridgehead atoms. The van der Waals surface area contributed by atoms with Gasteiger partial charge in [0.15, 0.2) is 5.69 Å². The largest absolute Gasteiger partial charge is 0.464 e. The molecule has 6 heteroatoms. The van der Waals surface area contributed by atoms with Gasteiger partial charge in [-0.15, -0.1) is 5.10 Å². The number of ether oxygens (including phenoxy) is 1. The quantitative estimate of drug-likeness (QED) is 0.562. The van der Waals surface area contributed by atoms with Crippen LogP contribution in [0.15, 0.2) is 0 Å². The Labute approximate surface area is 94.2 Å². The molecule has 0 unspecified atom stereocenters. The Morgan fingerprint density at radius 1 is 1.50 bits per heavy atom. The average molecular weight is 227 g/mol. The van der Waals surface area contributed by atoms with Gasteiger partial charge in [-0.05, 0) is 19.3 Å². The van der Waals surface area contributed by atoms with E-state index in [1.165, 1.54) is 7.11 Å². The molecule has 1 aromatic heterocycles. The number of esters is 1. The van der Waals surface area contributed by atoms with Crippen molar-refractivity contribution >= 4 is 5.97 Å². The third kappa shape index (κ3) is 2.79. The van der Waals surface area contributed by atoms with Crippen LogP contribution in [0.3, 0.4) is 0 Å². The summed E-state index contributed by atoms with van der Waals surface area (Å²) in [5.41, 5.74) is 1.07. The Balaban J connectivity index is 2.78. The molecular formula is C10H17N3O3. The van der Waals surface area contributed by atoms with Crippen LogP contribution in [0.1, 0.15) is 35.9 Å². The number of carbonyl (C=O) groups is 1. The molecule has 0 amide bonds. The maximum absolute atomic E-state index is 11.4. The number of hydrogen-bond donors (Lipinski definition) is 1. The SMILES string of the molecule is CCc1c(C(=O)OC)nnn1CCCCO. The molecular weight excluding hydrogens is 210 g/mol. The Morgan fingerprint density at radius 3 is 2.81 bits per heavy atom. The summed E-state index contributed by atoms with van der Waals surface area (Å²) >= 11 is 0. The fraction of sp³-hybridized carbons (Fsp3) is 0.700. The summed E-state index contributed by atoms with van der Waals surface area (Å²) in [6.07, 6.45) is 2.21. The molecule has 0 aliphatic carbocycles. The molecule has 0 saturated heterocycles. The van der Waals surface area contributed by atoms with Crippen LogP contribution in [0.4, 0.5) is 0 Å². The average Bonchev–Trinajstić information content (AvgIpc) is 2.71. The van der Waals surface area contributed by atoms with Gasteiger partial charge in [0.1, 0.15) is 0 Å². The van der Waals surface area contributed by atoms with Crippen LogP contribution in [0.25, 0.3) is 0 Å². The Hall–Kier alpha value is -1.43. The first-order valence-electron chi connectivity index (χ1n) is 5.36. The summed E-state index contributed by atoms with van der Waals surface area (Å²) in [7, 11) is 1.33. The van der Waals surface area contributed by atoms with E-state index < -0.39 is 5.97 Å². The third-order valence-corrected chi connectivity index (χ3v) is 2.33. The van der Waals surface area contributed by atoms with E-state index in [2.05, 4.69) is 15.0 Å². The van der Waals surface area contributed by atoms with Crippen LogP contribution in [-0.2, 0) is 17.7 Å². The zero-order chi connectivity index (χ0) is 12.0. The molecule has 1 heterocycles. The fourth-order valence-electron chi connectivity index (χ4n) is 1.49. The number of methoxy groups -OCH3 is 1. The fourth-order valence-corrected chi connectivity index (χ4v) is 1.49. The summed E-state index contributed by atoms with van der Waals surface area (Å²) < 4.78 is 6.32. The van der Waals surface area contributed by atoms with E-state index in [1.807, 2.05) is 6.92 Å². The van der Waals surface area contributed by atoms with Gasteiger partial charge in [-0.3, -0.25) is 0 Å². The van der Waals surface area contributed by atoms with Crippen LogP contribution in [0, 0.1) is 0 Å². The van der Waals surface area contributed by atoms with Gasteiger partial charge in [0.05, 0.1) is 12.8 Å². The van der Waals surface area contributed by atoms with E-state index in [4.69, 9.17) is 5.11 Å². The van der Waals surface area contributed by atoms with Crippen molar-refractivity contribution in [3.63, 3.8) is 0 Å². The maximum Gasteiger partial charge on any atom is 0.360 e. The molecule has 0 spiro atoms. The lowest BCUT2D eigenvalue weighted by molar-refractivity contribution is 0.0592. The molecule has 90 valence electrons. The summed E-state index contributed by atoms with van der Waals surface area (Å²) in [6, 6.07) is 0. The van der Waals surface area contributed by atoms with Crippen molar-refractivity contribution < 1.29 is 14.6 Å². The van der Waals surface area contributed by atoms with Crippen molar-refractivity contribution in [3.05, 3.63) is 11.4 Å². The number of aliphatic hydroxyl groups excluding tert-OH is 1. The molecule has 0 atom stereocenters. The molecule has 0 saturated carbocycles. The van der Waals surface area contributed by atoms with E-state index in [0.29, 0.717) is 13.0 Å². The van der Waals surface area contributed by atoms with E-state index in [0.717, 1.165) is 18.5 Å². The smallest absolute Gasteiger partial charge is 0.360 e. The van der Waals surface area contributed by atoms with Gasteiger partial charge in [0, 0.05) is 13.2 Å². The second-order valence-corrected chi connectivity index (χ2v) is 3.38. The lowest BCUT2D eigenvalue weighted by atomic mass is 10.2. The number of unbranched alkanes of at least 4 members (excludes halogenated alkanes) is 1. The summed E-state index contributed by atoms with van der Waals surface area (Å²) in [5.74, 6) is -0.453. The topological polar surface area (TPSA) is 77.2 Å². The molecule has 0 fully saturated rings. The lowest BCUT2D eigenvalue weighted by Crippen LogP contribution is -2.09. The highest BCUT2D eigenvalue weighted by Gasteiger charge is 2.18. The van der Waals surface area contributed by atoms with Gasteiger partial charge in [0.25, 0.3) is 0 Å². The first kappa shape index (κ1) is 12.6. The number of nitrogens with zero attached hydrogens (tertiary/aromatic N) is 3. The second-order valence-electron chi connectivity index (χ2n) is 3.38.